The first-order chi connectivity index (χ1) is 8.49. The Hall–Kier alpha value is -0.440. The normalized spacial score (nSPS) is 17.0. The van der Waals surface area contributed by atoms with Crippen molar-refractivity contribution in [2.45, 2.75) is 19.8 Å². The van der Waals surface area contributed by atoms with Crippen LogP contribution in [0, 0.1) is 5.92 Å². The summed E-state index contributed by atoms with van der Waals surface area (Å²) in [7, 11) is 0. The molecule has 0 bridgehead atoms. The van der Waals surface area contributed by atoms with Crippen molar-refractivity contribution in [3.8, 4) is 0 Å². The number of carbonyl (C=O) groups is 1. The molecular formula is C13H14Cl3NO. The van der Waals surface area contributed by atoms with Crippen LogP contribution in [0.1, 0.15) is 30.1 Å². The molecule has 0 spiro atoms. The quantitative estimate of drug-likeness (QED) is 0.699. The van der Waals surface area contributed by atoms with Gasteiger partial charge in [-0.25, -0.2) is 0 Å². The summed E-state index contributed by atoms with van der Waals surface area (Å²) in [5.41, 5.74) is 0.504. The smallest absolute Gasteiger partial charge is 0.253 e. The lowest BCUT2D eigenvalue weighted by Crippen LogP contribution is -2.37. The van der Waals surface area contributed by atoms with E-state index in [0.717, 1.165) is 25.9 Å². The summed E-state index contributed by atoms with van der Waals surface area (Å²) >= 11 is 17.7. The van der Waals surface area contributed by atoms with E-state index < -0.39 is 0 Å². The van der Waals surface area contributed by atoms with Crippen LogP contribution in [0.15, 0.2) is 12.1 Å². The predicted octanol–water partition coefficient (Wildman–Crippen LogP) is 4.52. The summed E-state index contributed by atoms with van der Waals surface area (Å²) in [5, 5.41) is 0.929. The third kappa shape index (κ3) is 2.93. The summed E-state index contributed by atoms with van der Waals surface area (Å²) in [4.78, 5) is 14.1. The van der Waals surface area contributed by atoms with Crippen molar-refractivity contribution in [3.05, 3.63) is 32.8 Å². The monoisotopic (exact) mass is 305 g/mol. The van der Waals surface area contributed by atoms with Gasteiger partial charge in [0.05, 0.1) is 15.1 Å². The fourth-order valence-corrected chi connectivity index (χ4v) is 2.67. The number of amides is 1. The molecule has 0 radical (unpaired) electrons. The van der Waals surface area contributed by atoms with Gasteiger partial charge in [-0.3, -0.25) is 4.79 Å². The van der Waals surface area contributed by atoms with Gasteiger partial charge in [0.1, 0.15) is 0 Å². The van der Waals surface area contributed by atoms with Gasteiger partial charge in [-0.15, -0.1) is 0 Å². The van der Waals surface area contributed by atoms with Gasteiger partial charge in [-0.2, -0.15) is 0 Å². The van der Waals surface area contributed by atoms with Gasteiger partial charge in [0, 0.05) is 18.7 Å². The number of benzene rings is 1. The number of hydrogen-bond acceptors (Lipinski definition) is 1. The molecule has 1 amide bonds. The average Bonchev–Trinajstić information content (AvgIpc) is 2.35. The van der Waals surface area contributed by atoms with Gasteiger partial charge in [-0.05, 0) is 30.9 Å². The Bertz CT molecular complexity index is 444. The summed E-state index contributed by atoms with van der Waals surface area (Å²) in [5.74, 6) is 0.661. The molecule has 1 aromatic rings. The van der Waals surface area contributed by atoms with Crippen molar-refractivity contribution in [1.82, 2.24) is 4.90 Å². The molecule has 1 fully saturated rings. The molecule has 1 saturated heterocycles. The maximum Gasteiger partial charge on any atom is 0.253 e. The Morgan fingerprint density at radius 1 is 1.17 bits per heavy atom. The van der Waals surface area contributed by atoms with E-state index in [9.17, 15) is 4.79 Å². The van der Waals surface area contributed by atoms with E-state index in [2.05, 4.69) is 6.92 Å². The van der Waals surface area contributed by atoms with Crippen LogP contribution in [0.5, 0.6) is 0 Å². The van der Waals surface area contributed by atoms with Crippen LogP contribution in [0.25, 0.3) is 0 Å². The van der Waals surface area contributed by atoms with Gasteiger partial charge in [0.2, 0.25) is 0 Å². The maximum atomic E-state index is 12.3. The van der Waals surface area contributed by atoms with Crippen LogP contribution in [0.4, 0.5) is 0 Å². The first-order valence-electron chi connectivity index (χ1n) is 5.93. The first-order valence-corrected chi connectivity index (χ1v) is 7.06. The lowest BCUT2D eigenvalue weighted by atomic mass is 9.98. The number of halogens is 3. The Balaban J connectivity index is 2.19. The highest BCUT2D eigenvalue weighted by atomic mass is 35.5. The molecule has 0 unspecified atom stereocenters. The van der Waals surface area contributed by atoms with E-state index in [4.69, 9.17) is 34.8 Å². The largest absolute Gasteiger partial charge is 0.339 e. The van der Waals surface area contributed by atoms with E-state index in [-0.39, 0.29) is 5.91 Å². The first kappa shape index (κ1) is 14.0. The topological polar surface area (TPSA) is 20.3 Å². The van der Waals surface area contributed by atoms with Crippen molar-refractivity contribution < 1.29 is 4.79 Å². The number of rotatable bonds is 1. The summed E-state index contributed by atoms with van der Waals surface area (Å²) in [6, 6.07) is 3.16. The minimum absolute atomic E-state index is 0.0256. The SMILES string of the molecule is CC1CCN(C(=O)c2cc(Cl)c(Cl)c(Cl)c2)CC1. The Morgan fingerprint density at radius 2 is 1.67 bits per heavy atom. The number of likely N-dealkylation sites (tertiary alicyclic amines) is 1. The van der Waals surface area contributed by atoms with Gasteiger partial charge >= 0.3 is 0 Å². The molecule has 1 heterocycles. The van der Waals surface area contributed by atoms with E-state index in [1.54, 1.807) is 12.1 Å². The Morgan fingerprint density at radius 3 is 2.17 bits per heavy atom. The average molecular weight is 307 g/mol. The van der Waals surface area contributed by atoms with Crippen LogP contribution in [0.3, 0.4) is 0 Å². The molecule has 1 aliphatic heterocycles. The molecule has 0 aromatic heterocycles. The molecule has 18 heavy (non-hydrogen) atoms. The van der Waals surface area contributed by atoms with Crippen LogP contribution in [-0.4, -0.2) is 23.9 Å². The highest BCUT2D eigenvalue weighted by molar-refractivity contribution is 6.48. The van der Waals surface area contributed by atoms with Crippen LogP contribution < -0.4 is 0 Å². The zero-order valence-electron chi connectivity index (χ0n) is 10.0. The van der Waals surface area contributed by atoms with Gasteiger partial charge in [0.15, 0.2) is 0 Å². The molecule has 0 aliphatic carbocycles. The standard InChI is InChI=1S/C13H14Cl3NO/c1-8-2-4-17(5-3-8)13(18)9-6-10(14)12(16)11(15)7-9/h6-8H,2-5H2,1H3. The molecular weight excluding hydrogens is 293 g/mol. The second-order valence-electron chi connectivity index (χ2n) is 4.73. The van der Waals surface area contributed by atoms with Crippen LogP contribution >= 0.6 is 34.8 Å². The number of carbonyl (C=O) groups excluding carboxylic acids is 1. The molecule has 1 aliphatic rings. The predicted molar refractivity (Wildman–Crippen MR) is 75.8 cm³/mol. The molecule has 0 saturated carbocycles. The minimum atomic E-state index is -0.0256. The zero-order valence-corrected chi connectivity index (χ0v) is 12.3. The highest BCUT2D eigenvalue weighted by Crippen LogP contribution is 2.32. The lowest BCUT2D eigenvalue weighted by Gasteiger charge is -2.30. The fraction of sp³-hybridized carbons (Fsp3) is 0.462. The molecule has 1 aromatic carbocycles. The highest BCUT2D eigenvalue weighted by Gasteiger charge is 2.22. The number of piperidine rings is 1. The van der Waals surface area contributed by atoms with Crippen molar-refractivity contribution in [1.29, 1.82) is 0 Å². The van der Waals surface area contributed by atoms with Crippen LogP contribution in [0.2, 0.25) is 15.1 Å². The van der Waals surface area contributed by atoms with Gasteiger partial charge < -0.3 is 4.90 Å². The van der Waals surface area contributed by atoms with E-state index >= 15 is 0 Å². The molecule has 0 atom stereocenters. The van der Waals surface area contributed by atoms with E-state index in [1.807, 2.05) is 4.90 Å². The van der Waals surface area contributed by atoms with Crippen molar-refractivity contribution in [3.63, 3.8) is 0 Å². The maximum absolute atomic E-state index is 12.3. The molecule has 5 heteroatoms. The number of nitrogens with zero attached hydrogens (tertiary/aromatic N) is 1. The third-order valence-corrected chi connectivity index (χ3v) is 4.50. The van der Waals surface area contributed by atoms with Crippen molar-refractivity contribution in [2.75, 3.05) is 13.1 Å². The van der Waals surface area contributed by atoms with Crippen molar-refractivity contribution in [2.24, 2.45) is 5.92 Å². The van der Waals surface area contributed by atoms with Crippen molar-refractivity contribution >= 4 is 40.7 Å². The third-order valence-electron chi connectivity index (χ3n) is 3.30. The lowest BCUT2D eigenvalue weighted by molar-refractivity contribution is 0.0697. The fourth-order valence-electron chi connectivity index (χ4n) is 2.07. The minimum Gasteiger partial charge on any atom is -0.339 e. The second-order valence-corrected chi connectivity index (χ2v) is 5.92. The number of hydrogen-bond donors (Lipinski definition) is 0. The molecule has 0 N–H and O–H groups in total. The second kappa shape index (κ2) is 5.68. The van der Waals surface area contributed by atoms with Crippen LogP contribution in [-0.2, 0) is 0 Å². The Labute approximate surface area is 122 Å². The zero-order chi connectivity index (χ0) is 13.3. The Kier molecular flexibility index (Phi) is 4.41. The molecule has 2 nitrogen and oxygen atoms in total. The van der Waals surface area contributed by atoms with E-state index in [1.165, 1.54) is 0 Å². The summed E-state index contributed by atoms with van der Waals surface area (Å²) < 4.78 is 0. The summed E-state index contributed by atoms with van der Waals surface area (Å²) in [6.07, 6.45) is 2.08. The summed E-state index contributed by atoms with van der Waals surface area (Å²) in [6.45, 7) is 3.79. The van der Waals surface area contributed by atoms with Gasteiger partial charge in [-0.1, -0.05) is 41.7 Å². The van der Waals surface area contributed by atoms with Gasteiger partial charge in [0.25, 0.3) is 5.91 Å². The van der Waals surface area contributed by atoms with E-state index in [0.29, 0.717) is 26.5 Å². The molecule has 98 valence electrons. The molecule has 2 rings (SSSR count).